The van der Waals surface area contributed by atoms with Crippen LogP contribution in [0.3, 0.4) is 0 Å². The molecule has 2 aliphatic rings. The molecule has 2 fully saturated rings. The van der Waals surface area contributed by atoms with Gasteiger partial charge in [0.05, 0.1) is 13.2 Å². The fourth-order valence-electron chi connectivity index (χ4n) is 3.80. The van der Waals surface area contributed by atoms with Crippen LogP contribution in [0.2, 0.25) is 0 Å². The van der Waals surface area contributed by atoms with Crippen LogP contribution in [-0.4, -0.2) is 30.8 Å². The van der Waals surface area contributed by atoms with Gasteiger partial charge in [0.15, 0.2) is 0 Å². The highest BCUT2D eigenvalue weighted by Crippen LogP contribution is 2.51. The fraction of sp³-hybridized carbons (Fsp3) is 0.688. The lowest BCUT2D eigenvalue weighted by Crippen LogP contribution is -2.69. The highest BCUT2D eigenvalue weighted by atomic mass is 16.5. The summed E-state index contributed by atoms with van der Waals surface area (Å²) in [4.78, 5) is 4.25. The number of methoxy groups -OCH3 is 1. The minimum atomic E-state index is 0.227. The van der Waals surface area contributed by atoms with Crippen molar-refractivity contribution in [3.05, 3.63) is 23.9 Å². The van der Waals surface area contributed by atoms with Gasteiger partial charge >= 0.3 is 0 Å². The Bertz CT molecular complexity index is 458. The molecule has 3 atom stereocenters. The Kier molecular flexibility index (Phi) is 3.69. The molecule has 1 aliphatic heterocycles. The Hall–Kier alpha value is -1.13. The van der Waals surface area contributed by atoms with Crippen LogP contribution in [0.15, 0.2) is 18.3 Å². The molecule has 1 saturated carbocycles. The molecule has 20 heavy (non-hydrogen) atoms. The van der Waals surface area contributed by atoms with Crippen LogP contribution < -0.4 is 10.1 Å². The van der Waals surface area contributed by atoms with Crippen LogP contribution in [0.1, 0.15) is 32.3 Å². The monoisotopic (exact) mass is 276 g/mol. The molecule has 1 aliphatic carbocycles. The molecular weight excluding hydrogens is 252 g/mol. The second-order valence-electron chi connectivity index (χ2n) is 6.49. The molecule has 0 amide bonds. The molecule has 1 N–H and O–H groups in total. The largest absolute Gasteiger partial charge is 0.481 e. The third kappa shape index (κ3) is 2.31. The van der Waals surface area contributed by atoms with Crippen molar-refractivity contribution >= 4 is 0 Å². The zero-order chi connectivity index (χ0) is 14.2. The number of nitrogens with zero attached hydrogens (tertiary/aromatic N) is 1. The quantitative estimate of drug-likeness (QED) is 0.917. The fourth-order valence-corrected chi connectivity index (χ4v) is 3.80. The number of rotatable bonds is 4. The van der Waals surface area contributed by atoms with E-state index in [1.54, 1.807) is 7.11 Å². The van der Waals surface area contributed by atoms with Crippen molar-refractivity contribution in [2.75, 3.05) is 13.7 Å². The summed E-state index contributed by atoms with van der Waals surface area (Å²) in [5.41, 5.74) is 1.42. The maximum absolute atomic E-state index is 5.94. The smallest absolute Gasteiger partial charge is 0.212 e. The summed E-state index contributed by atoms with van der Waals surface area (Å²) in [5, 5.41) is 3.70. The highest BCUT2D eigenvalue weighted by Gasteiger charge is 2.57. The minimum absolute atomic E-state index is 0.227. The van der Waals surface area contributed by atoms with Gasteiger partial charge in [-0.3, -0.25) is 0 Å². The van der Waals surface area contributed by atoms with Crippen LogP contribution in [0.4, 0.5) is 0 Å². The molecular formula is C16H24N2O2. The molecule has 1 saturated heterocycles. The van der Waals surface area contributed by atoms with Gasteiger partial charge in [-0.05, 0) is 18.4 Å². The zero-order valence-electron chi connectivity index (χ0n) is 12.6. The summed E-state index contributed by atoms with van der Waals surface area (Å²) in [7, 11) is 1.64. The van der Waals surface area contributed by atoms with E-state index in [9.17, 15) is 0 Å². The molecule has 0 radical (unpaired) electrons. The van der Waals surface area contributed by atoms with Gasteiger partial charge in [0, 0.05) is 42.8 Å². The van der Waals surface area contributed by atoms with E-state index in [2.05, 4.69) is 30.2 Å². The van der Waals surface area contributed by atoms with Crippen molar-refractivity contribution < 1.29 is 9.47 Å². The molecule has 4 nitrogen and oxygen atoms in total. The van der Waals surface area contributed by atoms with Gasteiger partial charge in [-0.2, -0.15) is 0 Å². The van der Waals surface area contributed by atoms with Crippen molar-refractivity contribution in [2.45, 2.75) is 45.4 Å². The Labute approximate surface area is 120 Å². The lowest BCUT2D eigenvalue weighted by Gasteiger charge is -2.60. The van der Waals surface area contributed by atoms with Crippen molar-refractivity contribution in [3.8, 4) is 5.88 Å². The van der Waals surface area contributed by atoms with E-state index >= 15 is 0 Å². The summed E-state index contributed by atoms with van der Waals surface area (Å²) in [6.07, 6.45) is 4.79. The van der Waals surface area contributed by atoms with Crippen LogP contribution >= 0.6 is 0 Å². The number of hydrogen-bond acceptors (Lipinski definition) is 4. The number of nitrogens with one attached hydrogen (secondary N) is 1. The van der Waals surface area contributed by atoms with Crippen LogP contribution in [0.5, 0.6) is 5.88 Å². The second-order valence-corrected chi connectivity index (χ2v) is 6.49. The number of aromatic nitrogens is 1. The van der Waals surface area contributed by atoms with Crippen molar-refractivity contribution in [1.29, 1.82) is 0 Å². The van der Waals surface area contributed by atoms with E-state index in [0.717, 1.165) is 13.2 Å². The maximum atomic E-state index is 5.94. The van der Waals surface area contributed by atoms with Gasteiger partial charge in [-0.1, -0.05) is 19.9 Å². The topological polar surface area (TPSA) is 43.4 Å². The molecule has 2 heterocycles. The average molecular weight is 276 g/mol. The third-order valence-corrected chi connectivity index (χ3v) is 4.86. The molecule has 0 spiro atoms. The summed E-state index contributed by atoms with van der Waals surface area (Å²) in [6, 6.07) is 4.52. The van der Waals surface area contributed by atoms with Crippen LogP contribution in [0.25, 0.3) is 0 Å². The minimum Gasteiger partial charge on any atom is -0.481 e. The molecule has 0 aromatic carbocycles. The van der Waals surface area contributed by atoms with Crippen molar-refractivity contribution in [2.24, 2.45) is 11.3 Å². The summed E-state index contributed by atoms with van der Waals surface area (Å²) < 4.78 is 11.0. The molecule has 1 aromatic rings. The number of fused-ring (bicyclic) bond motifs is 1. The predicted molar refractivity (Wildman–Crippen MR) is 77.7 cm³/mol. The first-order valence-corrected chi connectivity index (χ1v) is 7.47. The Balaban J connectivity index is 1.60. The summed E-state index contributed by atoms with van der Waals surface area (Å²) in [6.45, 7) is 6.40. The number of pyridine rings is 1. The molecule has 110 valence electrons. The second kappa shape index (κ2) is 5.34. The normalized spacial score (nSPS) is 31.2. The van der Waals surface area contributed by atoms with Gasteiger partial charge < -0.3 is 14.8 Å². The first kappa shape index (κ1) is 13.8. The molecule has 3 rings (SSSR count). The van der Waals surface area contributed by atoms with E-state index in [0.29, 0.717) is 23.9 Å². The van der Waals surface area contributed by atoms with Crippen molar-refractivity contribution in [3.63, 3.8) is 0 Å². The van der Waals surface area contributed by atoms with E-state index in [1.165, 1.54) is 18.4 Å². The summed E-state index contributed by atoms with van der Waals surface area (Å²) >= 11 is 0. The molecule has 1 aromatic heterocycles. The molecule has 0 bridgehead atoms. The van der Waals surface area contributed by atoms with Crippen molar-refractivity contribution in [1.82, 2.24) is 10.3 Å². The average Bonchev–Trinajstić information content (AvgIpc) is 2.48. The van der Waals surface area contributed by atoms with Gasteiger partial charge in [0.25, 0.3) is 0 Å². The first-order valence-electron chi connectivity index (χ1n) is 7.47. The molecule has 4 heteroatoms. The molecule has 0 unspecified atom stereocenters. The maximum Gasteiger partial charge on any atom is 0.212 e. The van der Waals surface area contributed by atoms with E-state index < -0.39 is 0 Å². The SMILES string of the molecule is COc1ccc(CN[C@@H]2[C@@H]3CCCO[C@H]3C2(C)C)cn1. The number of hydrogen-bond donors (Lipinski definition) is 1. The summed E-state index contributed by atoms with van der Waals surface area (Å²) in [5.74, 6) is 1.34. The van der Waals surface area contributed by atoms with Gasteiger partial charge in [-0.15, -0.1) is 0 Å². The highest BCUT2D eigenvalue weighted by molar-refractivity contribution is 5.18. The Morgan fingerprint density at radius 2 is 2.30 bits per heavy atom. The van der Waals surface area contributed by atoms with Gasteiger partial charge in [0.2, 0.25) is 5.88 Å². The predicted octanol–water partition coefficient (Wildman–Crippen LogP) is 2.38. The van der Waals surface area contributed by atoms with E-state index in [-0.39, 0.29) is 5.41 Å². The lowest BCUT2D eigenvalue weighted by atomic mass is 9.55. The Morgan fingerprint density at radius 1 is 1.45 bits per heavy atom. The standard InChI is InChI=1S/C16H24N2O2/c1-16(2)14(12-5-4-8-20-15(12)16)18-10-11-6-7-13(19-3)17-9-11/h6-7,9,12,14-15,18H,4-5,8,10H2,1-3H3/t12-,14+,15+/m0/s1. The number of ether oxygens (including phenoxy) is 2. The van der Waals surface area contributed by atoms with Gasteiger partial charge in [0.1, 0.15) is 0 Å². The third-order valence-electron chi connectivity index (χ3n) is 4.86. The lowest BCUT2D eigenvalue weighted by molar-refractivity contribution is -0.192. The van der Waals surface area contributed by atoms with E-state index in [4.69, 9.17) is 9.47 Å². The zero-order valence-corrected chi connectivity index (χ0v) is 12.6. The van der Waals surface area contributed by atoms with Gasteiger partial charge in [-0.25, -0.2) is 4.98 Å². The van der Waals surface area contributed by atoms with E-state index in [1.807, 2.05) is 12.3 Å². The first-order chi connectivity index (χ1) is 9.63. The van der Waals surface area contributed by atoms with Crippen LogP contribution in [-0.2, 0) is 11.3 Å². The Morgan fingerprint density at radius 3 is 3.00 bits per heavy atom. The van der Waals surface area contributed by atoms with Crippen LogP contribution in [0, 0.1) is 11.3 Å².